The van der Waals surface area contributed by atoms with Gasteiger partial charge in [-0.25, -0.2) is 9.88 Å². The van der Waals surface area contributed by atoms with Crippen molar-refractivity contribution in [1.82, 2.24) is 4.98 Å². The minimum absolute atomic E-state index is 0.0141. The molecule has 5 rings (SSSR count). The van der Waals surface area contributed by atoms with Crippen molar-refractivity contribution in [3.63, 3.8) is 0 Å². The molecule has 158 valence electrons. The van der Waals surface area contributed by atoms with Crippen molar-refractivity contribution in [2.45, 2.75) is 19.3 Å². The topological polar surface area (TPSA) is 97.8 Å². The van der Waals surface area contributed by atoms with E-state index in [1.54, 1.807) is 30.3 Å². The Bertz CT molecular complexity index is 1250. The van der Waals surface area contributed by atoms with Crippen LogP contribution in [0.1, 0.15) is 28.8 Å². The van der Waals surface area contributed by atoms with Gasteiger partial charge in [-0.05, 0) is 42.7 Å². The fraction of sp³-hybridized carbons (Fsp3) is 0.273. The van der Waals surface area contributed by atoms with E-state index in [4.69, 9.17) is 9.47 Å². The van der Waals surface area contributed by atoms with Gasteiger partial charge in [0.25, 0.3) is 5.91 Å². The third-order valence-electron chi connectivity index (χ3n) is 5.43. The van der Waals surface area contributed by atoms with Gasteiger partial charge in [-0.2, -0.15) is 0 Å². The van der Waals surface area contributed by atoms with Crippen LogP contribution in [-0.2, 0) is 16.0 Å². The number of amides is 3. The second-order valence-corrected chi connectivity index (χ2v) is 8.54. The maximum Gasteiger partial charge on any atom is 0.269 e. The Hall–Kier alpha value is -3.46. The molecule has 1 fully saturated rings. The number of fused-ring (bicyclic) bond motifs is 2. The van der Waals surface area contributed by atoms with Crippen LogP contribution in [-0.4, -0.2) is 36.9 Å². The minimum Gasteiger partial charge on any atom is -0.497 e. The largest absolute Gasteiger partial charge is 0.497 e. The predicted octanol–water partition coefficient (Wildman–Crippen LogP) is 3.39. The number of methoxy groups -OCH3 is 2. The van der Waals surface area contributed by atoms with E-state index in [0.29, 0.717) is 39.0 Å². The average Bonchev–Trinajstić information content (AvgIpc) is 3.53. The van der Waals surface area contributed by atoms with Crippen molar-refractivity contribution in [3.05, 3.63) is 41.5 Å². The van der Waals surface area contributed by atoms with E-state index < -0.39 is 5.91 Å². The molecule has 2 aliphatic rings. The smallest absolute Gasteiger partial charge is 0.269 e. The van der Waals surface area contributed by atoms with Gasteiger partial charge in [0.05, 0.1) is 42.1 Å². The molecular formula is C22H19N3O5S. The molecule has 0 spiro atoms. The molecule has 1 saturated carbocycles. The zero-order chi connectivity index (χ0) is 21.7. The van der Waals surface area contributed by atoms with Crippen molar-refractivity contribution in [2.24, 2.45) is 5.92 Å². The fourth-order valence-corrected chi connectivity index (χ4v) is 4.60. The van der Waals surface area contributed by atoms with E-state index in [-0.39, 0.29) is 24.2 Å². The van der Waals surface area contributed by atoms with Crippen LogP contribution in [0.3, 0.4) is 0 Å². The van der Waals surface area contributed by atoms with Gasteiger partial charge in [-0.1, -0.05) is 11.3 Å². The van der Waals surface area contributed by atoms with Crippen LogP contribution in [0.2, 0.25) is 0 Å². The molecule has 0 unspecified atom stereocenters. The molecule has 1 N–H and O–H groups in total. The first-order valence-corrected chi connectivity index (χ1v) is 10.6. The summed E-state index contributed by atoms with van der Waals surface area (Å²) in [5.74, 6) is 0.174. The van der Waals surface area contributed by atoms with Crippen molar-refractivity contribution < 1.29 is 23.9 Å². The lowest BCUT2D eigenvalue weighted by atomic mass is 9.96. The number of benzene rings is 2. The molecule has 0 atom stereocenters. The Balaban J connectivity index is 1.50. The standard InChI is InChI=1S/C22H19N3O5S/c1-29-14-7-12-8-18(26)25(21(28)19(12)16(10-14)30-2)13-5-6-15-17(9-13)31-22(23-15)24-20(27)11-3-4-11/h5-7,9-11H,3-4,8H2,1-2H3,(H,23,24,27). The van der Waals surface area contributed by atoms with Gasteiger partial charge in [0.15, 0.2) is 5.13 Å². The number of ether oxygens (including phenoxy) is 2. The maximum absolute atomic E-state index is 13.3. The number of nitrogens with zero attached hydrogens (tertiary/aromatic N) is 2. The van der Waals surface area contributed by atoms with Crippen LogP contribution < -0.4 is 19.7 Å². The van der Waals surface area contributed by atoms with Crippen LogP contribution in [0.15, 0.2) is 30.3 Å². The summed E-state index contributed by atoms with van der Waals surface area (Å²) >= 11 is 1.32. The lowest BCUT2D eigenvalue weighted by Crippen LogP contribution is -2.42. The molecule has 1 aliphatic heterocycles. The lowest BCUT2D eigenvalue weighted by molar-refractivity contribution is -0.118. The Labute approximate surface area is 181 Å². The fourth-order valence-electron chi connectivity index (χ4n) is 3.69. The maximum atomic E-state index is 13.3. The molecule has 1 aliphatic carbocycles. The minimum atomic E-state index is -0.447. The second kappa shape index (κ2) is 7.35. The highest BCUT2D eigenvalue weighted by Crippen LogP contribution is 2.37. The monoisotopic (exact) mass is 437 g/mol. The van der Waals surface area contributed by atoms with Gasteiger partial charge in [0.1, 0.15) is 11.5 Å². The number of thiazole rings is 1. The lowest BCUT2D eigenvalue weighted by Gasteiger charge is -2.28. The summed E-state index contributed by atoms with van der Waals surface area (Å²) in [6.45, 7) is 0. The zero-order valence-electron chi connectivity index (χ0n) is 16.9. The SMILES string of the molecule is COc1cc2c(c(OC)c1)C(=O)N(c1ccc3nc(NC(=O)C4CC4)sc3c1)C(=O)C2. The Kier molecular flexibility index (Phi) is 4.62. The number of imide groups is 1. The summed E-state index contributed by atoms with van der Waals surface area (Å²) in [5.41, 5.74) is 2.07. The number of nitrogens with one attached hydrogen (secondary N) is 1. The number of carbonyl (C=O) groups excluding carboxylic acids is 3. The van der Waals surface area contributed by atoms with Crippen LogP contribution >= 0.6 is 11.3 Å². The van der Waals surface area contributed by atoms with Crippen LogP contribution in [0, 0.1) is 5.92 Å². The van der Waals surface area contributed by atoms with Crippen molar-refractivity contribution in [2.75, 3.05) is 24.4 Å². The van der Waals surface area contributed by atoms with E-state index in [1.165, 1.54) is 30.5 Å². The zero-order valence-corrected chi connectivity index (χ0v) is 17.7. The molecule has 8 nitrogen and oxygen atoms in total. The van der Waals surface area contributed by atoms with Crippen molar-refractivity contribution in [1.29, 1.82) is 0 Å². The summed E-state index contributed by atoms with van der Waals surface area (Å²) in [7, 11) is 3.00. The quantitative estimate of drug-likeness (QED) is 0.615. The van der Waals surface area contributed by atoms with Gasteiger partial charge >= 0.3 is 0 Å². The highest BCUT2D eigenvalue weighted by atomic mass is 32.1. The first-order chi connectivity index (χ1) is 15.0. The summed E-state index contributed by atoms with van der Waals surface area (Å²) in [6.07, 6.45) is 1.88. The van der Waals surface area contributed by atoms with E-state index in [0.717, 1.165) is 17.5 Å². The highest BCUT2D eigenvalue weighted by molar-refractivity contribution is 7.22. The van der Waals surface area contributed by atoms with E-state index >= 15 is 0 Å². The van der Waals surface area contributed by atoms with Crippen molar-refractivity contribution in [3.8, 4) is 11.5 Å². The summed E-state index contributed by atoms with van der Waals surface area (Å²) < 4.78 is 11.4. The third-order valence-corrected chi connectivity index (χ3v) is 6.36. The first kappa shape index (κ1) is 19.5. The third kappa shape index (κ3) is 3.40. The number of anilines is 2. The molecular weight excluding hydrogens is 418 g/mol. The van der Waals surface area contributed by atoms with E-state index in [1.807, 2.05) is 0 Å². The van der Waals surface area contributed by atoms with Crippen LogP contribution in [0.4, 0.5) is 10.8 Å². The summed E-state index contributed by atoms with van der Waals surface area (Å²) in [5, 5.41) is 3.35. The summed E-state index contributed by atoms with van der Waals surface area (Å²) in [4.78, 5) is 43.8. The number of hydrogen-bond donors (Lipinski definition) is 1. The van der Waals surface area contributed by atoms with Crippen LogP contribution in [0.5, 0.6) is 11.5 Å². The molecule has 2 heterocycles. The molecule has 2 aromatic carbocycles. The van der Waals surface area contributed by atoms with Gasteiger partial charge in [0, 0.05) is 12.0 Å². The Morgan fingerprint density at radius 2 is 1.97 bits per heavy atom. The first-order valence-electron chi connectivity index (χ1n) is 9.82. The normalized spacial score (nSPS) is 15.7. The van der Waals surface area contributed by atoms with Gasteiger partial charge in [-0.15, -0.1) is 0 Å². The number of aromatic nitrogens is 1. The Morgan fingerprint density at radius 1 is 1.16 bits per heavy atom. The Morgan fingerprint density at radius 3 is 2.68 bits per heavy atom. The second-order valence-electron chi connectivity index (χ2n) is 7.51. The van der Waals surface area contributed by atoms with Gasteiger partial charge < -0.3 is 14.8 Å². The molecule has 3 amide bonds. The van der Waals surface area contributed by atoms with Crippen LogP contribution in [0.25, 0.3) is 10.2 Å². The van der Waals surface area contributed by atoms with Crippen molar-refractivity contribution >= 4 is 50.1 Å². The van der Waals surface area contributed by atoms with E-state index in [2.05, 4.69) is 10.3 Å². The highest BCUT2D eigenvalue weighted by Gasteiger charge is 2.35. The van der Waals surface area contributed by atoms with Gasteiger partial charge in [0.2, 0.25) is 11.8 Å². The predicted molar refractivity (Wildman–Crippen MR) is 116 cm³/mol. The molecule has 3 aromatic rings. The van der Waals surface area contributed by atoms with Gasteiger partial charge in [-0.3, -0.25) is 14.4 Å². The number of hydrogen-bond acceptors (Lipinski definition) is 7. The molecule has 0 saturated heterocycles. The molecule has 31 heavy (non-hydrogen) atoms. The molecule has 9 heteroatoms. The van der Waals surface area contributed by atoms with E-state index in [9.17, 15) is 14.4 Å². The summed E-state index contributed by atoms with van der Waals surface area (Å²) in [6, 6.07) is 8.50. The molecule has 1 aromatic heterocycles. The molecule has 0 radical (unpaired) electrons. The number of rotatable bonds is 5. The average molecular weight is 437 g/mol. The molecule has 0 bridgehead atoms. The number of carbonyl (C=O) groups is 3.